The Morgan fingerprint density at radius 3 is 2.90 bits per heavy atom. The minimum Gasteiger partial charge on any atom is -0.493 e. The molecule has 3 heterocycles. The Morgan fingerprint density at radius 1 is 1.24 bits per heavy atom. The zero-order valence-electron chi connectivity index (χ0n) is 16.6. The number of hydrogen-bond donors (Lipinski definition) is 1. The normalized spacial score (nSPS) is 13.7. The van der Waals surface area contributed by atoms with Crippen molar-refractivity contribution in [1.82, 2.24) is 19.9 Å². The topological polar surface area (TPSA) is 80.3 Å². The lowest BCUT2D eigenvalue weighted by atomic mass is 10.1. The second kappa shape index (κ2) is 8.45. The molecule has 7 heteroatoms. The van der Waals surface area contributed by atoms with Crippen molar-refractivity contribution in [3.05, 3.63) is 69.9 Å². The number of hydrogen-bond acceptors (Lipinski definition) is 6. The van der Waals surface area contributed by atoms with Gasteiger partial charge in [-0.1, -0.05) is 6.07 Å². The van der Waals surface area contributed by atoms with Crippen molar-refractivity contribution in [3.8, 4) is 22.9 Å². The highest BCUT2D eigenvalue weighted by atomic mass is 16.5. The van der Waals surface area contributed by atoms with Crippen molar-refractivity contribution in [2.24, 2.45) is 0 Å². The summed E-state index contributed by atoms with van der Waals surface area (Å²) in [6, 6.07) is 9.70. The summed E-state index contributed by atoms with van der Waals surface area (Å²) in [6.45, 7) is 4.68. The average Bonchev–Trinajstić information content (AvgIpc) is 2.76. The Morgan fingerprint density at radius 2 is 2.14 bits per heavy atom. The fourth-order valence-corrected chi connectivity index (χ4v) is 3.60. The van der Waals surface area contributed by atoms with E-state index in [1.54, 1.807) is 19.5 Å². The highest BCUT2D eigenvalue weighted by Crippen LogP contribution is 2.29. The molecule has 1 N–H and O–H groups in total. The number of nitrogens with zero attached hydrogens (tertiary/aromatic N) is 3. The fraction of sp³-hybridized carbons (Fsp3) is 0.318. The lowest BCUT2D eigenvalue weighted by molar-refractivity contribution is 0.241. The van der Waals surface area contributed by atoms with Crippen molar-refractivity contribution in [1.29, 1.82) is 0 Å². The van der Waals surface area contributed by atoms with Gasteiger partial charge in [0.05, 0.1) is 25.0 Å². The smallest absolute Gasteiger partial charge is 0.255 e. The molecule has 0 fully saturated rings. The van der Waals surface area contributed by atoms with Crippen molar-refractivity contribution in [2.75, 3.05) is 20.3 Å². The standard InChI is InChI=1S/C22H24N4O3/c1-3-29-19-7-6-15(11-20(19)28-2)13-26-10-8-18-17(14-26)22(27)25-21(24-18)16-5-4-9-23-12-16/h4-7,9,11-12H,3,8,10,13-14H2,1-2H3,(H,24,25,27). The maximum Gasteiger partial charge on any atom is 0.255 e. The molecule has 150 valence electrons. The summed E-state index contributed by atoms with van der Waals surface area (Å²) in [5.74, 6) is 2.04. The zero-order chi connectivity index (χ0) is 20.2. The van der Waals surface area contributed by atoms with Crippen LogP contribution in [0.2, 0.25) is 0 Å². The van der Waals surface area contributed by atoms with Crippen LogP contribution in [0.3, 0.4) is 0 Å². The van der Waals surface area contributed by atoms with Gasteiger partial charge in [0, 0.05) is 44.0 Å². The first-order valence-electron chi connectivity index (χ1n) is 9.72. The Hall–Kier alpha value is -3.19. The molecule has 4 rings (SSSR count). The molecule has 0 unspecified atom stereocenters. The first-order chi connectivity index (χ1) is 14.2. The average molecular weight is 392 g/mol. The molecule has 29 heavy (non-hydrogen) atoms. The minimum absolute atomic E-state index is 0.0807. The lowest BCUT2D eigenvalue weighted by Gasteiger charge is -2.28. The van der Waals surface area contributed by atoms with Gasteiger partial charge in [0.25, 0.3) is 5.56 Å². The molecule has 2 aromatic heterocycles. The molecule has 3 aromatic rings. The van der Waals surface area contributed by atoms with Gasteiger partial charge in [-0.05, 0) is 36.8 Å². The molecule has 0 atom stereocenters. The summed E-state index contributed by atoms with van der Waals surface area (Å²) in [7, 11) is 1.64. The van der Waals surface area contributed by atoms with Gasteiger partial charge in [0.1, 0.15) is 5.82 Å². The molecule has 0 bridgehead atoms. The predicted octanol–water partition coefficient (Wildman–Crippen LogP) is 2.80. The summed E-state index contributed by atoms with van der Waals surface area (Å²) in [5, 5.41) is 0. The monoisotopic (exact) mass is 392 g/mol. The van der Waals surface area contributed by atoms with Crippen LogP contribution in [0, 0.1) is 0 Å². The number of H-pyrrole nitrogens is 1. The third-order valence-corrected chi connectivity index (χ3v) is 5.02. The van der Waals surface area contributed by atoms with Crippen LogP contribution in [0.5, 0.6) is 11.5 Å². The van der Waals surface area contributed by atoms with E-state index in [1.807, 2.05) is 37.3 Å². The molecule has 1 aromatic carbocycles. The van der Waals surface area contributed by atoms with Crippen LogP contribution in [0.25, 0.3) is 11.4 Å². The quantitative estimate of drug-likeness (QED) is 0.695. The van der Waals surface area contributed by atoms with E-state index in [-0.39, 0.29) is 5.56 Å². The van der Waals surface area contributed by atoms with Gasteiger partial charge in [0.2, 0.25) is 0 Å². The molecule has 0 aliphatic carbocycles. The third kappa shape index (κ3) is 4.14. The van der Waals surface area contributed by atoms with E-state index in [0.717, 1.165) is 53.4 Å². The van der Waals surface area contributed by atoms with Gasteiger partial charge < -0.3 is 14.5 Å². The second-order valence-electron chi connectivity index (χ2n) is 6.96. The van der Waals surface area contributed by atoms with Crippen LogP contribution in [-0.4, -0.2) is 40.1 Å². The maximum absolute atomic E-state index is 12.7. The SMILES string of the molecule is CCOc1ccc(CN2CCc3nc(-c4cccnc4)[nH]c(=O)c3C2)cc1OC. The molecule has 7 nitrogen and oxygen atoms in total. The molecule has 0 spiro atoms. The summed E-state index contributed by atoms with van der Waals surface area (Å²) in [5.41, 5.74) is 3.46. The number of ether oxygens (including phenoxy) is 2. The van der Waals surface area contributed by atoms with Gasteiger partial charge in [-0.2, -0.15) is 0 Å². The molecule has 0 saturated carbocycles. The van der Waals surface area contributed by atoms with E-state index >= 15 is 0 Å². The van der Waals surface area contributed by atoms with E-state index in [9.17, 15) is 4.79 Å². The van der Waals surface area contributed by atoms with E-state index in [2.05, 4.69) is 19.9 Å². The van der Waals surface area contributed by atoms with E-state index in [4.69, 9.17) is 9.47 Å². The van der Waals surface area contributed by atoms with E-state index < -0.39 is 0 Å². The van der Waals surface area contributed by atoms with Crippen molar-refractivity contribution >= 4 is 0 Å². The molecule has 1 aliphatic rings. The molecular weight excluding hydrogens is 368 g/mol. The Kier molecular flexibility index (Phi) is 5.57. The second-order valence-corrected chi connectivity index (χ2v) is 6.96. The van der Waals surface area contributed by atoms with Crippen molar-refractivity contribution in [3.63, 3.8) is 0 Å². The Labute approximate surface area is 169 Å². The van der Waals surface area contributed by atoms with Crippen LogP contribution in [0.1, 0.15) is 23.7 Å². The van der Waals surface area contributed by atoms with Crippen LogP contribution < -0.4 is 15.0 Å². The van der Waals surface area contributed by atoms with Gasteiger partial charge in [0.15, 0.2) is 11.5 Å². The number of pyridine rings is 1. The fourth-order valence-electron chi connectivity index (χ4n) is 3.60. The Bertz CT molecular complexity index is 1050. The molecule has 0 radical (unpaired) electrons. The van der Waals surface area contributed by atoms with Gasteiger partial charge in [-0.25, -0.2) is 4.98 Å². The summed E-state index contributed by atoms with van der Waals surface area (Å²) >= 11 is 0. The molecule has 1 aliphatic heterocycles. The molecule has 0 amide bonds. The lowest BCUT2D eigenvalue weighted by Crippen LogP contribution is -2.35. The molecule has 0 saturated heterocycles. The zero-order valence-corrected chi connectivity index (χ0v) is 16.6. The number of aromatic nitrogens is 3. The maximum atomic E-state index is 12.7. The number of rotatable bonds is 6. The number of benzene rings is 1. The number of methoxy groups -OCH3 is 1. The summed E-state index contributed by atoms with van der Waals surface area (Å²) in [4.78, 5) is 26.6. The molecular formula is C22H24N4O3. The summed E-state index contributed by atoms with van der Waals surface area (Å²) in [6.07, 6.45) is 4.15. The van der Waals surface area contributed by atoms with Crippen LogP contribution in [0.4, 0.5) is 0 Å². The highest BCUT2D eigenvalue weighted by molar-refractivity contribution is 5.53. The summed E-state index contributed by atoms with van der Waals surface area (Å²) < 4.78 is 11.0. The van der Waals surface area contributed by atoms with Crippen molar-refractivity contribution < 1.29 is 9.47 Å². The number of nitrogens with one attached hydrogen (secondary N) is 1. The van der Waals surface area contributed by atoms with Crippen LogP contribution in [0.15, 0.2) is 47.5 Å². The van der Waals surface area contributed by atoms with Crippen LogP contribution in [-0.2, 0) is 19.5 Å². The predicted molar refractivity (Wildman–Crippen MR) is 110 cm³/mol. The Balaban J connectivity index is 1.53. The van der Waals surface area contributed by atoms with Gasteiger partial charge in [-0.3, -0.25) is 14.7 Å². The largest absolute Gasteiger partial charge is 0.493 e. The van der Waals surface area contributed by atoms with E-state index in [1.165, 1.54) is 0 Å². The first kappa shape index (κ1) is 19.1. The minimum atomic E-state index is -0.0807. The van der Waals surface area contributed by atoms with Gasteiger partial charge in [-0.15, -0.1) is 0 Å². The highest BCUT2D eigenvalue weighted by Gasteiger charge is 2.22. The van der Waals surface area contributed by atoms with Gasteiger partial charge >= 0.3 is 0 Å². The number of fused-ring (bicyclic) bond motifs is 1. The first-order valence-corrected chi connectivity index (χ1v) is 9.72. The van der Waals surface area contributed by atoms with Crippen molar-refractivity contribution in [2.45, 2.75) is 26.4 Å². The number of aromatic amines is 1. The van der Waals surface area contributed by atoms with Crippen LogP contribution >= 0.6 is 0 Å². The third-order valence-electron chi connectivity index (χ3n) is 5.02. The van der Waals surface area contributed by atoms with E-state index in [0.29, 0.717) is 19.0 Å².